The number of hydrogen-bond donors (Lipinski definition) is 2. The molecule has 0 spiro atoms. The molecule has 15 heavy (non-hydrogen) atoms. The minimum Gasteiger partial charge on any atom is -0.389 e. The summed E-state index contributed by atoms with van der Waals surface area (Å²) in [5.74, 6) is 0. The topological polar surface area (TPSA) is 54.4 Å². The number of pyridine rings is 1. The molecule has 1 aromatic rings. The Bertz CT molecular complexity index is 279. The highest BCUT2D eigenvalue weighted by atomic mass is 35.5. The zero-order chi connectivity index (χ0) is 11.1. The zero-order valence-corrected chi connectivity index (χ0v) is 9.37. The SMILES string of the molecule is COCC(O)CNCc1ccc(Cl)nc1. The van der Waals surface area contributed by atoms with Crippen molar-refractivity contribution in [1.82, 2.24) is 10.3 Å². The van der Waals surface area contributed by atoms with Crippen molar-refractivity contribution in [3.8, 4) is 0 Å². The van der Waals surface area contributed by atoms with Gasteiger partial charge in [-0.3, -0.25) is 0 Å². The van der Waals surface area contributed by atoms with Gasteiger partial charge >= 0.3 is 0 Å². The molecule has 1 heterocycles. The molecule has 0 amide bonds. The highest BCUT2D eigenvalue weighted by molar-refractivity contribution is 6.29. The van der Waals surface area contributed by atoms with Crippen LogP contribution in [0.25, 0.3) is 0 Å². The Morgan fingerprint density at radius 2 is 2.40 bits per heavy atom. The lowest BCUT2D eigenvalue weighted by atomic mass is 10.3. The van der Waals surface area contributed by atoms with Gasteiger partial charge in [0.1, 0.15) is 5.15 Å². The summed E-state index contributed by atoms with van der Waals surface area (Å²) in [5, 5.41) is 12.9. The van der Waals surface area contributed by atoms with Crippen molar-refractivity contribution in [2.75, 3.05) is 20.3 Å². The molecule has 0 aliphatic heterocycles. The quantitative estimate of drug-likeness (QED) is 0.711. The number of ether oxygens (including phenoxy) is 1. The van der Waals surface area contributed by atoms with Gasteiger partial charge in [-0.05, 0) is 11.6 Å². The second-order valence-electron chi connectivity index (χ2n) is 3.23. The predicted octanol–water partition coefficient (Wildman–Crippen LogP) is 0.832. The molecule has 1 rings (SSSR count). The van der Waals surface area contributed by atoms with Crippen LogP contribution in [-0.4, -0.2) is 36.5 Å². The summed E-state index contributed by atoms with van der Waals surface area (Å²) in [5.41, 5.74) is 1.03. The fourth-order valence-corrected chi connectivity index (χ4v) is 1.26. The third-order valence-electron chi connectivity index (χ3n) is 1.86. The third kappa shape index (κ3) is 5.09. The lowest BCUT2D eigenvalue weighted by Gasteiger charge is -2.10. The fourth-order valence-electron chi connectivity index (χ4n) is 1.15. The summed E-state index contributed by atoms with van der Waals surface area (Å²) in [4.78, 5) is 3.95. The van der Waals surface area contributed by atoms with Gasteiger partial charge in [-0.1, -0.05) is 17.7 Å². The molecule has 0 aromatic carbocycles. The summed E-state index contributed by atoms with van der Waals surface area (Å²) in [6.45, 7) is 1.49. The van der Waals surface area contributed by atoms with Crippen LogP contribution in [0.4, 0.5) is 0 Å². The number of aromatic nitrogens is 1. The second kappa shape index (κ2) is 6.74. The van der Waals surface area contributed by atoms with Crippen molar-refractivity contribution in [1.29, 1.82) is 0 Å². The molecule has 0 aliphatic rings. The molecule has 2 N–H and O–H groups in total. The van der Waals surface area contributed by atoms with Gasteiger partial charge in [0.25, 0.3) is 0 Å². The first kappa shape index (κ1) is 12.4. The molecule has 0 saturated carbocycles. The Morgan fingerprint density at radius 3 is 3.00 bits per heavy atom. The van der Waals surface area contributed by atoms with Gasteiger partial charge in [0, 0.05) is 26.4 Å². The smallest absolute Gasteiger partial charge is 0.129 e. The van der Waals surface area contributed by atoms with Crippen LogP contribution in [0.3, 0.4) is 0 Å². The molecule has 0 bridgehead atoms. The zero-order valence-electron chi connectivity index (χ0n) is 8.61. The van der Waals surface area contributed by atoms with Gasteiger partial charge in [0.15, 0.2) is 0 Å². The van der Waals surface area contributed by atoms with Gasteiger partial charge in [-0.15, -0.1) is 0 Å². The van der Waals surface area contributed by atoms with Crippen LogP contribution in [-0.2, 0) is 11.3 Å². The first-order chi connectivity index (χ1) is 7.22. The minimum absolute atomic E-state index is 0.339. The van der Waals surface area contributed by atoms with E-state index in [1.807, 2.05) is 6.07 Å². The lowest BCUT2D eigenvalue weighted by molar-refractivity contribution is 0.0644. The van der Waals surface area contributed by atoms with E-state index in [4.69, 9.17) is 16.3 Å². The van der Waals surface area contributed by atoms with Crippen molar-refractivity contribution in [3.05, 3.63) is 29.0 Å². The monoisotopic (exact) mass is 230 g/mol. The van der Waals surface area contributed by atoms with E-state index in [9.17, 15) is 5.11 Å². The van der Waals surface area contributed by atoms with E-state index < -0.39 is 6.10 Å². The molecule has 1 aromatic heterocycles. The lowest BCUT2D eigenvalue weighted by Crippen LogP contribution is -2.29. The molecule has 1 unspecified atom stereocenters. The number of rotatable bonds is 6. The summed E-state index contributed by atoms with van der Waals surface area (Å²) >= 11 is 5.65. The van der Waals surface area contributed by atoms with E-state index in [-0.39, 0.29) is 0 Å². The van der Waals surface area contributed by atoms with Crippen molar-refractivity contribution in [3.63, 3.8) is 0 Å². The maximum atomic E-state index is 9.35. The third-order valence-corrected chi connectivity index (χ3v) is 2.08. The molecule has 1 atom stereocenters. The van der Waals surface area contributed by atoms with E-state index in [1.165, 1.54) is 0 Å². The van der Waals surface area contributed by atoms with E-state index in [1.54, 1.807) is 19.4 Å². The second-order valence-corrected chi connectivity index (χ2v) is 3.62. The van der Waals surface area contributed by atoms with E-state index in [0.717, 1.165) is 5.56 Å². The Kier molecular flexibility index (Phi) is 5.57. The molecule has 0 radical (unpaired) electrons. The van der Waals surface area contributed by atoms with Crippen molar-refractivity contribution in [2.45, 2.75) is 12.6 Å². The molecule has 0 fully saturated rings. The van der Waals surface area contributed by atoms with Crippen LogP contribution < -0.4 is 5.32 Å². The maximum absolute atomic E-state index is 9.35. The molecule has 0 aliphatic carbocycles. The molecular weight excluding hydrogens is 216 g/mol. The van der Waals surface area contributed by atoms with Crippen LogP contribution >= 0.6 is 11.6 Å². The van der Waals surface area contributed by atoms with E-state index in [0.29, 0.717) is 24.8 Å². The van der Waals surface area contributed by atoms with Gasteiger partial charge in [0.2, 0.25) is 0 Å². The number of nitrogens with one attached hydrogen (secondary N) is 1. The van der Waals surface area contributed by atoms with Gasteiger partial charge in [0.05, 0.1) is 12.7 Å². The Hall–Kier alpha value is -0.680. The molecule has 5 heteroatoms. The van der Waals surface area contributed by atoms with Gasteiger partial charge in [-0.25, -0.2) is 4.98 Å². The molecular formula is C10H15ClN2O2. The van der Waals surface area contributed by atoms with Gasteiger partial charge in [-0.2, -0.15) is 0 Å². The van der Waals surface area contributed by atoms with Crippen LogP contribution in [0.15, 0.2) is 18.3 Å². The average Bonchev–Trinajstić information content (AvgIpc) is 2.21. The summed E-state index contributed by atoms with van der Waals surface area (Å²) < 4.78 is 4.80. The van der Waals surface area contributed by atoms with Gasteiger partial charge < -0.3 is 15.2 Å². The fraction of sp³-hybridized carbons (Fsp3) is 0.500. The summed E-state index contributed by atoms with van der Waals surface area (Å²) in [6.07, 6.45) is 1.23. The number of aliphatic hydroxyl groups excluding tert-OH is 1. The molecule has 0 saturated heterocycles. The van der Waals surface area contributed by atoms with Crippen molar-refractivity contribution >= 4 is 11.6 Å². The average molecular weight is 231 g/mol. The highest BCUT2D eigenvalue weighted by Crippen LogP contribution is 2.04. The number of halogens is 1. The molecule has 84 valence electrons. The van der Waals surface area contributed by atoms with Crippen LogP contribution in [0.1, 0.15) is 5.56 Å². The van der Waals surface area contributed by atoms with E-state index in [2.05, 4.69) is 10.3 Å². The Labute approximate surface area is 94.2 Å². The standard InChI is InChI=1S/C10H15ClN2O2/c1-15-7-9(14)6-12-4-8-2-3-10(11)13-5-8/h2-3,5,9,12,14H,4,6-7H2,1H3. The molecule has 4 nitrogen and oxygen atoms in total. The normalized spacial score (nSPS) is 12.7. The summed E-state index contributed by atoms with van der Waals surface area (Å²) in [6, 6.07) is 3.63. The number of aliphatic hydroxyl groups is 1. The Morgan fingerprint density at radius 1 is 1.60 bits per heavy atom. The first-order valence-corrected chi connectivity index (χ1v) is 5.08. The Balaban J connectivity index is 2.22. The number of nitrogens with zero attached hydrogens (tertiary/aromatic N) is 1. The van der Waals surface area contributed by atoms with Crippen LogP contribution in [0, 0.1) is 0 Å². The number of methoxy groups -OCH3 is 1. The minimum atomic E-state index is -0.477. The van der Waals surface area contributed by atoms with Crippen molar-refractivity contribution < 1.29 is 9.84 Å². The predicted molar refractivity (Wildman–Crippen MR) is 58.8 cm³/mol. The highest BCUT2D eigenvalue weighted by Gasteiger charge is 2.02. The maximum Gasteiger partial charge on any atom is 0.129 e. The first-order valence-electron chi connectivity index (χ1n) is 4.70. The van der Waals surface area contributed by atoms with E-state index >= 15 is 0 Å². The summed E-state index contributed by atoms with van der Waals surface area (Å²) in [7, 11) is 1.56. The largest absolute Gasteiger partial charge is 0.389 e. The number of hydrogen-bond acceptors (Lipinski definition) is 4. The van der Waals surface area contributed by atoms with Crippen molar-refractivity contribution in [2.24, 2.45) is 0 Å². The van der Waals surface area contributed by atoms with Crippen LogP contribution in [0.2, 0.25) is 5.15 Å². The van der Waals surface area contributed by atoms with Crippen LogP contribution in [0.5, 0.6) is 0 Å².